The number of nitrogens with zero attached hydrogens (tertiary/aromatic N) is 1. The van der Waals surface area contributed by atoms with E-state index in [0.29, 0.717) is 22.7 Å². The fraction of sp³-hybridized carbons (Fsp3) is 0.148. The zero-order chi connectivity index (χ0) is 25.1. The predicted octanol–water partition coefficient (Wildman–Crippen LogP) is 4.93. The molecule has 3 amide bonds. The molecule has 1 aliphatic rings. The van der Waals surface area contributed by atoms with Crippen LogP contribution in [0.5, 0.6) is 5.75 Å². The second-order valence-corrected chi connectivity index (χ2v) is 8.50. The van der Waals surface area contributed by atoms with E-state index in [4.69, 9.17) is 16.3 Å². The average molecular weight is 490 g/mol. The van der Waals surface area contributed by atoms with E-state index in [1.165, 1.54) is 7.11 Å². The third-order valence-electron chi connectivity index (χ3n) is 5.64. The molecule has 1 heterocycles. The van der Waals surface area contributed by atoms with Crippen LogP contribution in [0.3, 0.4) is 0 Å². The van der Waals surface area contributed by atoms with Gasteiger partial charge in [0, 0.05) is 11.3 Å². The van der Waals surface area contributed by atoms with Crippen LogP contribution in [0, 0.1) is 6.92 Å². The predicted molar refractivity (Wildman–Crippen MR) is 135 cm³/mol. The summed E-state index contributed by atoms with van der Waals surface area (Å²) in [6, 6.07) is 21.2. The summed E-state index contributed by atoms with van der Waals surface area (Å²) in [5.74, 6) is -1.18. The lowest BCUT2D eigenvalue weighted by molar-refractivity contribution is -0.120. The largest absolute Gasteiger partial charge is 0.495 e. The third kappa shape index (κ3) is 4.90. The lowest BCUT2D eigenvalue weighted by Crippen LogP contribution is -2.32. The monoisotopic (exact) mass is 489 g/mol. The van der Waals surface area contributed by atoms with Crippen molar-refractivity contribution in [2.75, 3.05) is 17.3 Å². The number of carbonyl (C=O) groups excluding carboxylic acids is 3. The maximum Gasteiger partial charge on any atom is 0.283 e. The molecule has 1 aliphatic heterocycles. The number of hydrogen-bond donors (Lipinski definition) is 2. The molecule has 2 N–H and O–H groups in total. The van der Waals surface area contributed by atoms with E-state index in [2.05, 4.69) is 10.6 Å². The van der Waals surface area contributed by atoms with Crippen molar-refractivity contribution in [2.24, 2.45) is 0 Å². The second-order valence-electron chi connectivity index (χ2n) is 8.12. The van der Waals surface area contributed by atoms with Crippen LogP contribution < -0.4 is 20.3 Å². The van der Waals surface area contributed by atoms with Crippen molar-refractivity contribution in [2.45, 2.75) is 19.9 Å². The van der Waals surface area contributed by atoms with Crippen LogP contribution in [0.4, 0.5) is 11.4 Å². The van der Waals surface area contributed by atoms with Crippen LogP contribution in [0.25, 0.3) is 0 Å². The van der Waals surface area contributed by atoms with Gasteiger partial charge in [0.25, 0.3) is 17.7 Å². The molecular weight excluding hydrogens is 466 g/mol. The molecule has 178 valence electrons. The number of aryl methyl sites for hydroxylation is 1. The second kappa shape index (κ2) is 10.0. The van der Waals surface area contributed by atoms with Gasteiger partial charge in [-0.2, -0.15) is 0 Å². The number of anilines is 2. The van der Waals surface area contributed by atoms with Gasteiger partial charge in [-0.15, -0.1) is 0 Å². The minimum Gasteiger partial charge on any atom is -0.495 e. The van der Waals surface area contributed by atoms with Crippen LogP contribution in [0.1, 0.15) is 34.5 Å². The summed E-state index contributed by atoms with van der Waals surface area (Å²) in [7, 11) is 1.46. The topological polar surface area (TPSA) is 87.7 Å². The van der Waals surface area contributed by atoms with Crippen molar-refractivity contribution >= 4 is 40.7 Å². The number of hydrogen-bond acceptors (Lipinski definition) is 5. The number of carbonyl (C=O) groups is 3. The minimum atomic E-state index is -0.659. The molecule has 0 aliphatic carbocycles. The van der Waals surface area contributed by atoms with Gasteiger partial charge >= 0.3 is 0 Å². The fourth-order valence-electron chi connectivity index (χ4n) is 3.79. The number of benzene rings is 3. The van der Waals surface area contributed by atoms with E-state index in [1.807, 2.05) is 50.2 Å². The molecule has 0 fully saturated rings. The molecule has 1 unspecified atom stereocenters. The molecule has 0 radical (unpaired) electrons. The molecule has 0 saturated heterocycles. The van der Waals surface area contributed by atoms with Gasteiger partial charge in [0.15, 0.2) is 0 Å². The summed E-state index contributed by atoms with van der Waals surface area (Å²) in [5, 5.41) is 5.63. The molecule has 3 aromatic carbocycles. The van der Waals surface area contributed by atoms with Gasteiger partial charge in [0.2, 0.25) is 0 Å². The summed E-state index contributed by atoms with van der Waals surface area (Å²) in [6.07, 6.45) is 0. The molecule has 4 rings (SSSR count). The molecule has 0 aromatic heterocycles. The van der Waals surface area contributed by atoms with Crippen molar-refractivity contribution in [3.8, 4) is 5.75 Å². The summed E-state index contributed by atoms with van der Waals surface area (Å²) in [5.41, 5.74) is 2.90. The van der Waals surface area contributed by atoms with E-state index in [-0.39, 0.29) is 22.7 Å². The minimum absolute atomic E-state index is 0.0737. The third-order valence-corrected chi connectivity index (χ3v) is 5.99. The Morgan fingerprint density at radius 2 is 1.71 bits per heavy atom. The van der Waals surface area contributed by atoms with Gasteiger partial charge in [-0.05, 0) is 55.3 Å². The van der Waals surface area contributed by atoms with Crippen LogP contribution in [0.2, 0.25) is 0 Å². The first kappa shape index (κ1) is 24.0. The Kier molecular flexibility index (Phi) is 6.89. The van der Waals surface area contributed by atoms with E-state index in [9.17, 15) is 14.4 Å². The van der Waals surface area contributed by atoms with E-state index < -0.39 is 11.8 Å². The molecule has 3 aromatic rings. The normalized spacial score (nSPS) is 14.2. The van der Waals surface area contributed by atoms with Crippen molar-refractivity contribution in [1.82, 2.24) is 5.32 Å². The maximum absolute atomic E-state index is 13.2. The highest BCUT2D eigenvalue weighted by molar-refractivity contribution is 6.53. The smallest absolute Gasteiger partial charge is 0.283 e. The van der Waals surface area contributed by atoms with Gasteiger partial charge in [-0.1, -0.05) is 54.1 Å². The van der Waals surface area contributed by atoms with Crippen LogP contribution in [-0.2, 0) is 9.59 Å². The lowest BCUT2D eigenvalue weighted by Gasteiger charge is -2.19. The molecule has 35 heavy (non-hydrogen) atoms. The Morgan fingerprint density at radius 3 is 2.43 bits per heavy atom. The van der Waals surface area contributed by atoms with E-state index in [0.717, 1.165) is 16.0 Å². The zero-order valence-electron chi connectivity index (χ0n) is 19.5. The molecule has 7 nitrogen and oxygen atoms in total. The first-order valence-corrected chi connectivity index (χ1v) is 11.3. The first-order valence-electron chi connectivity index (χ1n) is 11.0. The number of imide groups is 1. The highest BCUT2D eigenvalue weighted by Gasteiger charge is 2.40. The Hall–Kier alpha value is -4.10. The van der Waals surface area contributed by atoms with Gasteiger partial charge in [0.05, 0.1) is 18.8 Å². The molecule has 8 heteroatoms. The highest BCUT2D eigenvalue weighted by atomic mass is 35.5. The van der Waals surface area contributed by atoms with Gasteiger partial charge < -0.3 is 15.4 Å². The van der Waals surface area contributed by atoms with Gasteiger partial charge in [-0.3, -0.25) is 14.4 Å². The van der Waals surface area contributed by atoms with E-state index in [1.54, 1.807) is 36.4 Å². The Bertz CT molecular complexity index is 1340. The molecule has 0 spiro atoms. The average Bonchev–Trinajstić information content (AvgIpc) is 3.07. The van der Waals surface area contributed by atoms with E-state index >= 15 is 0 Å². The fourth-order valence-corrected chi connectivity index (χ4v) is 4.01. The van der Waals surface area contributed by atoms with Gasteiger partial charge in [-0.25, -0.2) is 4.90 Å². The zero-order valence-corrected chi connectivity index (χ0v) is 20.2. The number of methoxy groups -OCH3 is 1. The number of rotatable bonds is 7. The summed E-state index contributed by atoms with van der Waals surface area (Å²) in [4.78, 5) is 39.9. The molecular formula is C27H24ClN3O4. The summed E-state index contributed by atoms with van der Waals surface area (Å²) in [6.45, 7) is 3.74. The van der Waals surface area contributed by atoms with Gasteiger partial charge in [0.1, 0.15) is 16.5 Å². The van der Waals surface area contributed by atoms with Crippen molar-refractivity contribution in [3.63, 3.8) is 0 Å². The van der Waals surface area contributed by atoms with Crippen molar-refractivity contribution in [1.29, 1.82) is 0 Å². The quantitative estimate of drug-likeness (QED) is 0.459. The number of ether oxygens (including phenoxy) is 1. The Morgan fingerprint density at radius 1 is 0.971 bits per heavy atom. The van der Waals surface area contributed by atoms with Crippen molar-refractivity contribution < 1.29 is 19.1 Å². The van der Waals surface area contributed by atoms with Crippen LogP contribution in [-0.4, -0.2) is 24.8 Å². The summed E-state index contributed by atoms with van der Waals surface area (Å²) < 4.78 is 5.33. The van der Waals surface area contributed by atoms with Crippen LogP contribution in [0.15, 0.2) is 83.5 Å². The Balaban J connectivity index is 1.54. The van der Waals surface area contributed by atoms with Crippen molar-refractivity contribution in [3.05, 3.63) is 100 Å². The summed E-state index contributed by atoms with van der Waals surface area (Å²) >= 11 is 6.28. The maximum atomic E-state index is 13.2. The molecule has 0 saturated carbocycles. The lowest BCUT2D eigenvalue weighted by atomic mass is 10.1. The molecule has 1 atom stereocenters. The first-order chi connectivity index (χ1) is 16.8. The highest BCUT2D eigenvalue weighted by Crippen LogP contribution is 2.36. The molecule has 0 bridgehead atoms. The SMILES string of the molecule is COc1ccc(C)cc1N1C(=O)C(Cl)=C(Nc2cccc(C(=O)NC(C)c3ccccc3)c2)C1=O. The number of amides is 3. The van der Waals surface area contributed by atoms with Crippen LogP contribution >= 0.6 is 11.6 Å². The number of nitrogens with one attached hydrogen (secondary N) is 2. The number of halogens is 1. The Labute approximate surface area is 208 Å². The standard InChI is InChI=1S/C27H24ClN3O4/c1-16-12-13-22(35-3)21(14-16)31-26(33)23(28)24(27(31)34)30-20-11-7-10-19(15-20)25(32)29-17(2)18-8-5-4-6-9-18/h4-15,17,30H,1-3H3,(H,29,32).